The van der Waals surface area contributed by atoms with Crippen LogP contribution in [0.25, 0.3) is 0 Å². The number of carbonyl (C=O) groups is 5. The van der Waals surface area contributed by atoms with Crippen molar-refractivity contribution in [1.82, 2.24) is 29.5 Å². The van der Waals surface area contributed by atoms with Crippen molar-refractivity contribution in [2.75, 3.05) is 32.8 Å². The van der Waals surface area contributed by atoms with Crippen LogP contribution in [-0.4, -0.2) is 115 Å². The molecule has 5 amide bonds. The third-order valence-corrected chi connectivity index (χ3v) is 12.2. The summed E-state index contributed by atoms with van der Waals surface area (Å²) in [6, 6.07) is 3.13. The van der Waals surface area contributed by atoms with Crippen molar-refractivity contribution in [3.05, 3.63) is 46.5 Å². The number of fused-ring (bicyclic) bond motifs is 3. The number of morpholine rings is 1. The maximum atomic E-state index is 14.4. The zero-order valence-corrected chi connectivity index (χ0v) is 32.4. The molecular weight excluding hydrogens is 744 g/mol. The monoisotopic (exact) mass is 792 g/mol. The molecule has 4 aliphatic heterocycles. The predicted molar refractivity (Wildman–Crippen MR) is 195 cm³/mol. The first kappa shape index (κ1) is 39.8. The van der Waals surface area contributed by atoms with E-state index >= 15 is 0 Å². The molecule has 18 heteroatoms. The zero-order chi connectivity index (χ0) is 38.8. The van der Waals surface area contributed by atoms with Gasteiger partial charge in [0, 0.05) is 37.0 Å². The maximum absolute atomic E-state index is 14.4. The van der Waals surface area contributed by atoms with Gasteiger partial charge in [0.05, 0.1) is 26.3 Å². The first-order valence-corrected chi connectivity index (χ1v) is 20.3. The first-order valence-electron chi connectivity index (χ1n) is 18.5. The fraction of sp³-hybridized carbons (Fsp3) is 0.639. The average Bonchev–Trinajstić information content (AvgIpc) is 3.40. The fourth-order valence-corrected chi connectivity index (χ4v) is 8.83. The van der Waals surface area contributed by atoms with Gasteiger partial charge in [-0.3, -0.25) is 19.3 Å². The van der Waals surface area contributed by atoms with Crippen LogP contribution in [0.5, 0.6) is 0 Å². The van der Waals surface area contributed by atoms with Crippen molar-refractivity contribution in [3.8, 4) is 0 Å². The Hall–Kier alpha value is -3.93. The van der Waals surface area contributed by atoms with Gasteiger partial charge >= 0.3 is 22.4 Å². The van der Waals surface area contributed by atoms with E-state index in [-0.39, 0.29) is 65.2 Å². The number of benzene rings is 1. The van der Waals surface area contributed by atoms with Gasteiger partial charge < -0.3 is 29.7 Å². The normalized spacial score (nSPS) is 28.7. The number of nitrogens with zero attached hydrogens (tertiary/aromatic N) is 3. The minimum absolute atomic E-state index is 0.0691. The molecule has 1 aromatic carbocycles. The van der Waals surface area contributed by atoms with Crippen molar-refractivity contribution < 1.29 is 46.6 Å². The summed E-state index contributed by atoms with van der Waals surface area (Å²) in [5, 5.41) is 6.03. The molecule has 1 aliphatic carbocycles. The lowest BCUT2D eigenvalue weighted by Crippen LogP contribution is -2.59. The summed E-state index contributed by atoms with van der Waals surface area (Å²) in [5.41, 5.74) is -0.742. The number of rotatable bonds is 5. The summed E-state index contributed by atoms with van der Waals surface area (Å²) in [4.78, 5) is 71.7. The second-order valence-electron chi connectivity index (χ2n) is 15.5. The minimum atomic E-state index is -4.25. The van der Waals surface area contributed by atoms with Crippen molar-refractivity contribution >= 4 is 51.7 Å². The maximum Gasteiger partial charge on any atom is 0.410 e. The van der Waals surface area contributed by atoms with Gasteiger partial charge in [0.2, 0.25) is 11.8 Å². The molecule has 1 saturated carbocycles. The number of halogens is 1. The van der Waals surface area contributed by atoms with Crippen molar-refractivity contribution in [2.45, 2.75) is 108 Å². The molecule has 296 valence electrons. The Balaban J connectivity index is 1.25. The number of carbonyl (C=O) groups excluding carboxylic acids is 5. The fourth-order valence-electron chi connectivity index (χ4n) is 7.40. The molecule has 0 unspecified atom stereocenters. The minimum Gasteiger partial charge on any atom is -0.444 e. The molecule has 4 heterocycles. The Bertz CT molecular complexity index is 1780. The summed E-state index contributed by atoms with van der Waals surface area (Å²) in [5.74, 6) is -2.69. The molecular formula is C36H49ClN6O10S. The van der Waals surface area contributed by atoms with E-state index in [2.05, 4.69) is 15.4 Å². The van der Waals surface area contributed by atoms with E-state index in [4.69, 9.17) is 25.8 Å². The Labute approximate surface area is 320 Å². The Morgan fingerprint density at radius 1 is 1.07 bits per heavy atom. The van der Waals surface area contributed by atoms with E-state index in [9.17, 15) is 32.4 Å². The molecule has 3 fully saturated rings. The molecule has 0 spiro atoms. The summed E-state index contributed by atoms with van der Waals surface area (Å²) in [6.45, 7) is 5.95. The standard InChI is InChI=1S/C36H49ClN6O10S/c1-35(2,3)53-33(47)38-28-13-8-6-4-5-7-11-24-19-36(24,32(46)40-54(49,50)42-14-16-51-17-15-42)39-30(44)29-18-25(21-43(29)31(28)45)52-34(48)41-20-23-10-9-12-27(37)26(23)22-41/h7,9-12,24-25,28-29H,4-6,8,13-22H2,1-3H3,(H,38,47)(H,39,44)(H,40,46)/b11-7-/t24-,25-,28+,29+,36-/m1/s1. The van der Waals surface area contributed by atoms with Gasteiger partial charge in [0.25, 0.3) is 5.91 Å². The Morgan fingerprint density at radius 2 is 1.83 bits per heavy atom. The lowest BCUT2D eigenvalue weighted by atomic mass is 10.0. The van der Waals surface area contributed by atoms with Crippen molar-refractivity contribution in [3.63, 3.8) is 0 Å². The topological polar surface area (TPSA) is 193 Å². The van der Waals surface area contributed by atoms with Gasteiger partial charge in [-0.1, -0.05) is 48.7 Å². The molecule has 54 heavy (non-hydrogen) atoms. The van der Waals surface area contributed by atoms with Crippen LogP contribution in [0.3, 0.4) is 0 Å². The quantitative estimate of drug-likeness (QED) is 0.374. The highest BCUT2D eigenvalue weighted by Crippen LogP contribution is 2.46. The van der Waals surface area contributed by atoms with Gasteiger partial charge in [0.1, 0.15) is 29.3 Å². The van der Waals surface area contributed by atoms with Gasteiger partial charge in [-0.2, -0.15) is 12.7 Å². The van der Waals surface area contributed by atoms with E-state index in [1.807, 2.05) is 18.2 Å². The molecule has 1 aromatic rings. The highest BCUT2D eigenvalue weighted by molar-refractivity contribution is 7.87. The highest BCUT2D eigenvalue weighted by Gasteiger charge is 2.62. The Morgan fingerprint density at radius 3 is 2.56 bits per heavy atom. The molecule has 0 bridgehead atoms. The van der Waals surface area contributed by atoms with E-state index in [1.54, 1.807) is 32.9 Å². The number of alkyl carbamates (subject to hydrolysis) is 1. The van der Waals surface area contributed by atoms with E-state index < -0.39 is 75.4 Å². The first-order chi connectivity index (χ1) is 25.6. The molecule has 5 aliphatic rings. The molecule has 16 nitrogen and oxygen atoms in total. The number of amides is 5. The summed E-state index contributed by atoms with van der Waals surface area (Å²) in [7, 11) is -4.25. The number of hydrogen-bond donors (Lipinski definition) is 3. The van der Waals surface area contributed by atoms with Crippen LogP contribution in [0.4, 0.5) is 9.59 Å². The number of hydrogen-bond acceptors (Lipinski definition) is 10. The number of ether oxygens (including phenoxy) is 3. The van der Waals surface area contributed by atoms with Crippen LogP contribution in [0.2, 0.25) is 5.02 Å². The second-order valence-corrected chi connectivity index (χ2v) is 17.5. The highest BCUT2D eigenvalue weighted by atomic mass is 35.5. The molecule has 0 aromatic heterocycles. The van der Waals surface area contributed by atoms with Gasteiger partial charge in [0.15, 0.2) is 0 Å². The average molecular weight is 793 g/mol. The van der Waals surface area contributed by atoms with Crippen LogP contribution in [0, 0.1) is 5.92 Å². The van der Waals surface area contributed by atoms with E-state index in [0.29, 0.717) is 17.9 Å². The molecule has 2 saturated heterocycles. The smallest absolute Gasteiger partial charge is 0.410 e. The van der Waals surface area contributed by atoms with Crippen LogP contribution >= 0.6 is 11.6 Å². The third kappa shape index (κ3) is 9.12. The van der Waals surface area contributed by atoms with Crippen LogP contribution < -0.4 is 15.4 Å². The zero-order valence-electron chi connectivity index (χ0n) is 30.8. The molecule has 5 atom stereocenters. The molecule has 0 radical (unpaired) electrons. The molecule has 6 rings (SSSR count). The van der Waals surface area contributed by atoms with Crippen molar-refractivity contribution in [2.24, 2.45) is 5.92 Å². The Kier molecular flexibility index (Phi) is 11.8. The van der Waals surface area contributed by atoms with Crippen LogP contribution in [0.15, 0.2) is 30.4 Å². The lowest BCUT2D eigenvalue weighted by molar-refractivity contribution is -0.141. The number of allylic oxidation sites excluding steroid dienone is 1. The van der Waals surface area contributed by atoms with Gasteiger partial charge in [-0.05, 0) is 63.6 Å². The van der Waals surface area contributed by atoms with Crippen LogP contribution in [-0.2, 0) is 51.9 Å². The lowest BCUT2D eigenvalue weighted by Gasteiger charge is -2.31. The van der Waals surface area contributed by atoms with E-state index in [1.165, 1.54) is 9.80 Å². The van der Waals surface area contributed by atoms with E-state index in [0.717, 1.165) is 28.3 Å². The van der Waals surface area contributed by atoms with Crippen LogP contribution in [0.1, 0.15) is 76.8 Å². The summed E-state index contributed by atoms with van der Waals surface area (Å²) < 4.78 is 46.3. The van der Waals surface area contributed by atoms with Gasteiger partial charge in [-0.15, -0.1) is 0 Å². The van der Waals surface area contributed by atoms with Gasteiger partial charge in [-0.25, -0.2) is 14.3 Å². The SMILES string of the molecule is CC(C)(C)OC(=O)N[C@H]1CCCCC/C=C\[C@@H]2C[C@@]2(C(=O)NS(=O)(=O)N2CCOCC2)NC(=O)[C@@H]2C[C@@H](OC(=O)N3Cc4cccc(Cl)c4C3)CN2C1=O. The molecule has 3 N–H and O–H groups in total. The third-order valence-electron chi connectivity index (χ3n) is 10.3. The van der Waals surface area contributed by atoms with Crippen molar-refractivity contribution in [1.29, 1.82) is 0 Å². The predicted octanol–water partition coefficient (Wildman–Crippen LogP) is 2.74. The second kappa shape index (κ2) is 16.0. The number of nitrogens with one attached hydrogen (secondary N) is 3. The summed E-state index contributed by atoms with van der Waals surface area (Å²) in [6.07, 6.45) is 4.37. The largest absolute Gasteiger partial charge is 0.444 e. The summed E-state index contributed by atoms with van der Waals surface area (Å²) >= 11 is 6.36.